The predicted octanol–water partition coefficient (Wildman–Crippen LogP) is 1.51. The summed E-state index contributed by atoms with van der Waals surface area (Å²) in [4.78, 5) is 15.6. The minimum Gasteiger partial charge on any atom is -0.368 e. The molecule has 2 N–H and O–H groups in total. The zero-order chi connectivity index (χ0) is 13.5. The number of carbonyl (C=O) groups excluding carboxylic acids is 1. The first-order valence-corrected chi connectivity index (χ1v) is 5.97. The van der Waals surface area contributed by atoms with E-state index < -0.39 is 0 Å². The molecule has 96 valence electrons. The Balaban J connectivity index is 2.68. The summed E-state index contributed by atoms with van der Waals surface area (Å²) in [6, 6.07) is 4.00. The van der Waals surface area contributed by atoms with Crippen LogP contribution in [0.4, 0.5) is 5.82 Å². The van der Waals surface area contributed by atoms with Crippen LogP contribution in [0.1, 0.15) is 30.2 Å². The van der Waals surface area contributed by atoms with E-state index in [1.807, 2.05) is 26.8 Å². The van der Waals surface area contributed by atoms with Gasteiger partial charge in [0, 0.05) is 25.2 Å². The van der Waals surface area contributed by atoms with Crippen molar-refractivity contribution in [2.75, 3.05) is 18.4 Å². The molecule has 0 saturated carbocycles. The van der Waals surface area contributed by atoms with Crippen molar-refractivity contribution in [1.82, 2.24) is 10.3 Å². The van der Waals surface area contributed by atoms with Crippen LogP contribution in [0.25, 0.3) is 0 Å². The molecule has 0 unspecified atom stereocenters. The highest BCUT2D eigenvalue weighted by molar-refractivity contribution is 5.76. The first-order chi connectivity index (χ1) is 8.58. The van der Waals surface area contributed by atoms with Gasteiger partial charge in [0.2, 0.25) is 5.91 Å². The number of aromatic nitrogens is 1. The number of hydrogen-bond acceptors (Lipinski definition) is 4. The molecule has 0 aliphatic rings. The van der Waals surface area contributed by atoms with Crippen molar-refractivity contribution >= 4 is 11.7 Å². The summed E-state index contributed by atoms with van der Waals surface area (Å²) in [5.74, 6) is 0.548. The van der Waals surface area contributed by atoms with Crippen LogP contribution in [-0.2, 0) is 4.79 Å². The number of nitrogens with one attached hydrogen (secondary N) is 2. The van der Waals surface area contributed by atoms with Crippen LogP contribution in [-0.4, -0.2) is 24.0 Å². The zero-order valence-corrected chi connectivity index (χ0v) is 11.0. The Bertz CT molecular complexity index is 477. The van der Waals surface area contributed by atoms with Crippen molar-refractivity contribution in [3.63, 3.8) is 0 Å². The highest BCUT2D eigenvalue weighted by Crippen LogP contribution is 2.17. The molecule has 0 atom stereocenters. The topological polar surface area (TPSA) is 77.8 Å². The van der Waals surface area contributed by atoms with Crippen LogP contribution in [0.5, 0.6) is 0 Å². The third-order valence-electron chi connectivity index (χ3n) is 2.47. The lowest BCUT2D eigenvalue weighted by Gasteiger charge is -2.10. The number of nitrogens with zero attached hydrogens (tertiary/aromatic N) is 2. The molecule has 5 heteroatoms. The fraction of sp³-hybridized carbons (Fsp3) is 0.462. The largest absolute Gasteiger partial charge is 0.368 e. The number of nitriles is 1. The molecule has 0 bridgehead atoms. The lowest BCUT2D eigenvalue weighted by molar-refractivity contribution is -0.120. The van der Waals surface area contributed by atoms with Crippen LogP contribution < -0.4 is 10.6 Å². The number of hydrogen-bond donors (Lipinski definition) is 2. The van der Waals surface area contributed by atoms with E-state index >= 15 is 0 Å². The van der Waals surface area contributed by atoms with E-state index in [2.05, 4.69) is 21.7 Å². The summed E-state index contributed by atoms with van der Waals surface area (Å²) in [7, 11) is 0. The molecule has 0 fully saturated rings. The standard InChI is InChI=1S/C13H18N4O/c1-4-15-12(18)5-6-16-13-11(8-14)9(2)7-10(3)17-13/h7H,4-6H2,1-3H3,(H,15,18)(H,16,17). The van der Waals surface area contributed by atoms with Gasteiger partial charge in [-0.3, -0.25) is 4.79 Å². The fourth-order valence-electron chi connectivity index (χ4n) is 1.69. The van der Waals surface area contributed by atoms with Gasteiger partial charge in [-0.05, 0) is 32.4 Å². The molecule has 1 rings (SSSR count). The zero-order valence-electron chi connectivity index (χ0n) is 11.0. The number of rotatable bonds is 5. The van der Waals surface area contributed by atoms with E-state index in [0.29, 0.717) is 30.9 Å². The molecule has 5 nitrogen and oxygen atoms in total. The molecule has 0 saturated heterocycles. The Labute approximate surface area is 107 Å². The first kappa shape index (κ1) is 14.0. The van der Waals surface area contributed by atoms with Crippen molar-refractivity contribution in [2.45, 2.75) is 27.2 Å². The third-order valence-corrected chi connectivity index (χ3v) is 2.47. The van der Waals surface area contributed by atoms with E-state index in [-0.39, 0.29) is 5.91 Å². The molecule has 1 heterocycles. The average molecular weight is 246 g/mol. The van der Waals surface area contributed by atoms with Crippen LogP contribution in [0, 0.1) is 25.2 Å². The molecule has 1 amide bonds. The smallest absolute Gasteiger partial charge is 0.221 e. The van der Waals surface area contributed by atoms with Crippen LogP contribution >= 0.6 is 0 Å². The van der Waals surface area contributed by atoms with Crippen LogP contribution in [0.2, 0.25) is 0 Å². The molecule has 0 radical (unpaired) electrons. The number of carbonyl (C=O) groups is 1. The van der Waals surface area contributed by atoms with Gasteiger partial charge in [-0.1, -0.05) is 0 Å². The van der Waals surface area contributed by atoms with Crippen molar-refractivity contribution < 1.29 is 4.79 Å². The minimum absolute atomic E-state index is 0.00659. The Morgan fingerprint density at radius 2 is 2.22 bits per heavy atom. The van der Waals surface area contributed by atoms with E-state index in [0.717, 1.165) is 11.3 Å². The quantitative estimate of drug-likeness (QED) is 0.825. The summed E-state index contributed by atoms with van der Waals surface area (Å²) < 4.78 is 0. The van der Waals surface area contributed by atoms with Gasteiger partial charge in [0.05, 0.1) is 5.56 Å². The Morgan fingerprint density at radius 3 is 2.83 bits per heavy atom. The average Bonchev–Trinajstić information content (AvgIpc) is 2.28. The number of aryl methyl sites for hydroxylation is 2. The van der Waals surface area contributed by atoms with E-state index in [9.17, 15) is 4.79 Å². The van der Waals surface area contributed by atoms with E-state index in [1.165, 1.54) is 0 Å². The maximum atomic E-state index is 11.3. The lowest BCUT2D eigenvalue weighted by Crippen LogP contribution is -2.25. The SMILES string of the molecule is CCNC(=O)CCNc1nc(C)cc(C)c1C#N. The normalized spacial score (nSPS) is 9.67. The summed E-state index contributed by atoms with van der Waals surface area (Å²) in [6.07, 6.45) is 0.368. The van der Waals surface area contributed by atoms with Crippen LogP contribution in [0.3, 0.4) is 0 Å². The van der Waals surface area contributed by atoms with Gasteiger partial charge < -0.3 is 10.6 Å². The second-order valence-electron chi connectivity index (χ2n) is 4.05. The Kier molecular flexibility index (Phi) is 5.12. The Morgan fingerprint density at radius 1 is 1.50 bits per heavy atom. The summed E-state index contributed by atoms with van der Waals surface area (Å²) in [6.45, 7) is 6.73. The maximum Gasteiger partial charge on any atom is 0.221 e. The number of amides is 1. The van der Waals surface area contributed by atoms with E-state index in [4.69, 9.17) is 5.26 Å². The first-order valence-electron chi connectivity index (χ1n) is 5.97. The van der Waals surface area contributed by atoms with E-state index in [1.54, 1.807) is 0 Å². The predicted molar refractivity (Wildman–Crippen MR) is 70.2 cm³/mol. The summed E-state index contributed by atoms with van der Waals surface area (Å²) in [5.41, 5.74) is 2.29. The van der Waals surface area contributed by atoms with Gasteiger partial charge in [-0.15, -0.1) is 0 Å². The van der Waals surface area contributed by atoms with Gasteiger partial charge in [-0.25, -0.2) is 4.98 Å². The number of anilines is 1. The molecule has 18 heavy (non-hydrogen) atoms. The maximum absolute atomic E-state index is 11.3. The fourth-order valence-corrected chi connectivity index (χ4v) is 1.69. The summed E-state index contributed by atoms with van der Waals surface area (Å²) >= 11 is 0. The van der Waals surface area contributed by atoms with Gasteiger partial charge in [0.15, 0.2) is 0 Å². The molecule has 1 aromatic rings. The minimum atomic E-state index is -0.00659. The molecule has 0 aromatic carbocycles. The molecule has 0 spiro atoms. The lowest BCUT2D eigenvalue weighted by atomic mass is 10.1. The van der Waals surface area contributed by atoms with Crippen molar-refractivity contribution in [2.24, 2.45) is 0 Å². The Hall–Kier alpha value is -2.09. The molecule has 0 aliphatic carbocycles. The monoisotopic (exact) mass is 246 g/mol. The highest BCUT2D eigenvalue weighted by Gasteiger charge is 2.08. The molecular weight excluding hydrogens is 228 g/mol. The van der Waals surface area contributed by atoms with Crippen molar-refractivity contribution in [3.05, 3.63) is 22.9 Å². The molecule has 0 aliphatic heterocycles. The molecular formula is C13H18N4O. The van der Waals surface area contributed by atoms with Gasteiger partial charge in [0.1, 0.15) is 11.9 Å². The van der Waals surface area contributed by atoms with Crippen molar-refractivity contribution in [1.29, 1.82) is 5.26 Å². The van der Waals surface area contributed by atoms with Crippen LogP contribution in [0.15, 0.2) is 6.07 Å². The second kappa shape index (κ2) is 6.60. The van der Waals surface area contributed by atoms with Gasteiger partial charge >= 0.3 is 0 Å². The van der Waals surface area contributed by atoms with Gasteiger partial charge in [0.25, 0.3) is 0 Å². The van der Waals surface area contributed by atoms with Gasteiger partial charge in [-0.2, -0.15) is 5.26 Å². The second-order valence-corrected chi connectivity index (χ2v) is 4.05. The highest BCUT2D eigenvalue weighted by atomic mass is 16.1. The molecule has 1 aromatic heterocycles. The number of pyridine rings is 1. The van der Waals surface area contributed by atoms with Crippen molar-refractivity contribution in [3.8, 4) is 6.07 Å². The third kappa shape index (κ3) is 3.74. The summed E-state index contributed by atoms with van der Waals surface area (Å²) in [5, 5.41) is 14.8.